The topological polar surface area (TPSA) is 55.9 Å². The summed E-state index contributed by atoms with van der Waals surface area (Å²) in [7, 11) is 1.33. The number of ether oxygens (including phenoxy) is 2. The molecule has 1 aliphatic rings. The number of carbonyl (C=O) groups excluding carboxylic acids is 2. The molecular weight excluding hydrogens is 196 g/mol. The third-order valence-corrected chi connectivity index (χ3v) is 2.30. The number of carbonyl (C=O) groups is 2. The molecule has 1 heterocycles. The summed E-state index contributed by atoms with van der Waals surface area (Å²) in [5, 5.41) is 0. The van der Waals surface area contributed by atoms with Gasteiger partial charge in [0.1, 0.15) is 12.2 Å². The van der Waals surface area contributed by atoms with Crippen molar-refractivity contribution in [1.29, 1.82) is 0 Å². The Bertz CT molecular complexity index is 399. The molecule has 1 fully saturated rings. The number of hydrogen-bond acceptors (Lipinski definition) is 4. The van der Waals surface area contributed by atoms with Gasteiger partial charge in [0, 0.05) is 0 Å². The molecule has 0 spiro atoms. The Morgan fingerprint density at radius 1 is 1.53 bits per heavy atom. The van der Waals surface area contributed by atoms with E-state index in [4.69, 9.17) is 4.74 Å². The van der Waals surface area contributed by atoms with Gasteiger partial charge in [-0.1, -0.05) is 12.1 Å². The summed E-state index contributed by atoms with van der Waals surface area (Å²) in [4.78, 5) is 21.6. The van der Waals surface area contributed by atoms with Crippen LogP contribution in [0.25, 0.3) is 0 Å². The van der Waals surface area contributed by atoms with Crippen LogP contribution in [-0.2, 0) is 14.3 Å². The maximum Gasteiger partial charge on any atom is 0.337 e. The zero-order valence-corrected chi connectivity index (χ0v) is 8.17. The van der Waals surface area contributed by atoms with Crippen molar-refractivity contribution >= 4 is 12.3 Å². The summed E-state index contributed by atoms with van der Waals surface area (Å²) in [5.74, 6) is -0.389. The van der Waals surface area contributed by atoms with Crippen LogP contribution in [0.4, 0.5) is 0 Å². The van der Waals surface area contributed by atoms with Crippen LogP contribution in [0.1, 0.15) is 22.0 Å². The summed E-state index contributed by atoms with van der Waals surface area (Å²) in [5.41, 5.74) is 1.30. The minimum absolute atomic E-state index is 0.202. The highest BCUT2D eigenvalue weighted by Gasteiger charge is 2.40. The smallest absolute Gasteiger partial charge is 0.337 e. The minimum atomic E-state index is -0.389. The highest BCUT2D eigenvalue weighted by molar-refractivity contribution is 5.89. The average molecular weight is 206 g/mol. The number of methoxy groups -OCH3 is 1. The van der Waals surface area contributed by atoms with Gasteiger partial charge in [-0.3, -0.25) is 0 Å². The van der Waals surface area contributed by atoms with Crippen molar-refractivity contribution in [1.82, 2.24) is 0 Å². The molecule has 1 saturated heterocycles. The van der Waals surface area contributed by atoms with Crippen molar-refractivity contribution in [3.05, 3.63) is 35.4 Å². The fraction of sp³-hybridized carbons (Fsp3) is 0.273. The molecule has 1 aromatic carbocycles. The molecule has 0 amide bonds. The van der Waals surface area contributed by atoms with E-state index in [1.807, 2.05) is 6.07 Å². The molecule has 0 aromatic heterocycles. The normalized spacial score (nSPS) is 23.3. The first kappa shape index (κ1) is 9.86. The number of rotatable bonds is 3. The molecule has 4 nitrogen and oxygen atoms in total. The number of esters is 1. The van der Waals surface area contributed by atoms with Gasteiger partial charge >= 0.3 is 5.97 Å². The summed E-state index contributed by atoms with van der Waals surface area (Å²) < 4.78 is 9.70. The van der Waals surface area contributed by atoms with Crippen molar-refractivity contribution < 1.29 is 19.1 Å². The quantitative estimate of drug-likeness (QED) is 0.422. The van der Waals surface area contributed by atoms with E-state index in [-0.39, 0.29) is 18.2 Å². The minimum Gasteiger partial charge on any atom is -0.465 e. The predicted octanol–water partition coefficient (Wildman–Crippen LogP) is 1.11. The first-order valence-corrected chi connectivity index (χ1v) is 4.55. The molecule has 0 unspecified atom stereocenters. The van der Waals surface area contributed by atoms with Crippen LogP contribution in [0.2, 0.25) is 0 Å². The highest BCUT2D eigenvalue weighted by atomic mass is 16.6. The second-order valence-electron chi connectivity index (χ2n) is 3.27. The van der Waals surface area contributed by atoms with Gasteiger partial charge in [-0.15, -0.1) is 0 Å². The Kier molecular flexibility index (Phi) is 2.51. The second-order valence-corrected chi connectivity index (χ2v) is 3.27. The standard InChI is InChI=1S/C11H10O4/c1-14-11(13)8-4-2-3-7(5-8)10-9(6-12)15-10/h2-6,9-10H,1H3/t9-,10-/m0/s1. The molecule has 78 valence electrons. The lowest BCUT2D eigenvalue weighted by Gasteiger charge is -2.00. The molecule has 15 heavy (non-hydrogen) atoms. The number of hydrogen-bond donors (Lipinski definition) is 0. The summed E-state index contributed by atoms with van der Waals surface area (Å²) in [6.45, 7) is 0. The van der Waals surface area contributed by atoms with E-state index in [0.717, 1.165) is 11.8 Å². The summed E-state index contributed by atoms with van der Waals surface area (Å²) in [6.07, 6.45) is 0.195. The van der Waals surface area contributed by atoms with Gasteiger partial charge in [0.25, 0.3) is 0 Å². The Labute approximate surface area is 86.8 Å². The van der Waals surface area contributed by atoms with Crippen molar-refractivity contribution in [2.45, 2.75) is 12.2 Å². The molecule has 0 bridgehead atoms. The number of epoxide rings is 1. The van der Waals surface area contributed by atoms with Crippen molar-refractivity contribution in [2.24, 2.45) is 0 Å². The Balaban J connectivity index is 2.20. The fourth-order valence-electron chi connectivity index (χ4n) is 1.46. The number of benzene rings is 1. The van der Waals surface area contributed by atoms with Crippen molar-refractivity contribution in [3.63, 3.8) is 0 Å². The van der Waals surface area contributed by atoms with E-state index in [0.29, 0.717) is 5.56 Å². The molecule has 0 N–H and O–H groups in total. The van der Waals surface area contributed by atoms with Crippen LogP contribution in [-0.4, -0.2) is 25.5 Å². The van der Waals surface area contributed by atoms with Crippen LogP contribution >= 0.6 is 0 Å². The summed E-state index contributed by atoms with van der Waals surface area (Å²) in [6, 6.07) is 6.90. The Morgan fingerprint density at radius 2 is 2.33 bits per heavy atom. The van der Waals surface area contributed by atoms with Gasteiger partial charge in [0.05, 0.1) is 12.7 Å². The molecule has 0 radical (unpaired) electrons. The highest BCUT2D eigenvalue weighted by Crippen LogP contribution is 2.37. The lowest BCUT2D eigenvalue weighted by molar-refractivity contribution is -0.108. The maximum absolute atomic E-state index is 11.2. The van der Waals surface area contributed by atoms with E-state index in [9.17, 15) is 9.59 Å². The zero-order valence-electron chi connectivity index (χ0n) is 8.17. The van der Waals surface area contributed by atoms with Gasteiger partial charge in [0.2, 0.25) is 0 Å². The fourth-order valence-corrected chi connectivity index (χ4v) is 1.46. The average Bonchev–Trinajstić information content (AvgIpc) is 3.07. The van der Waals surface area contributed by atoms with E-state index < -0.39 is 0 Å². The predicted molar refractivity (Wildman–Crippen MR) is 51.5 cm³/mol. The van der Waals surface area contributed by atoms with Gasteiger partial charge in [-0.2, -0.15) is 0 Å². The third kappa shape index (κ3) is 1.89. The second kappa shape index (κ2) is 3.82. The molecular formula is C11H10O4. The maximum atomic E-state index is 11.2. The van der Waals surface area contributed by atoms with Crippen molar-refractivity contribution in [3.8, 4) is 0 Å². The van der Waals surface area contributed by atoms with Gasteiger partial charge in [-0.25, -0.2) is 4.79 Å². The van der Waals surface area contributed by atoms with Crippen LogP contribution < -0.4 is 0 Å². The van der Waals surface area contributed by atoms with Crippen molar-refractivity contribution in [2.75, 3.05) is 7.11 Å². The van der Waals surface area contributed by atoms with Gasteiger partial charge in [-0.05, 0) is 17.7 Å². The first-order chi connectivity index (χ1) is 7.26. The Morgan fingerprint density at radius 3 is 2.93 bits per heavy atom. The van der Waals surface area contributed by atoms with Crippen LogP contribution in [0.5, 0.6) is 0 Å². The lowest BCUT2D eigenvalue weighted by Crippen LogP contribution is -2.01. The lowest BCUT2D eigenvalue weighted by atomic mass is 10.1. The summed E-state index contributed by atoms with van der Waals surface area (Å²) >= 11 is 0. The third-order valence-electron chi connectivity index (χ3n) is 2.30. The van der Waals surface area contributed by atoms with E-state index in [2.05, 4.69) is 4.74 Å². The van der Waals surface area contributed by atoms with Gasteiger partial charge < -0.3 is 14.3 Å². The van der Waals surface area contributed by atoms with Crippen LogP contribution in [0, 0.1) is 0 Å². The molecule has 2 rings (SSSR count). The molecule has 1 aromatic rings. The first-order valence-electron chi connectivity index (χ1n) is 4.55. The van der Waals surface area contributed by atoms with Gasteiger partial charge in [0.15, 0.2) is 6.29 Å². The van der Waals surface area contributed by atoms with Crippen LogP contribution in [0.15, 0.2) is 24.3 Å². The Hall–Kier alpha value is -1.68. The SMILES string of the molecule is COC(=O)c1cccc([C@@H]2O[C@H]2C=O)c1. The number of aldehydes is 1. The molecule has 1 aliphatic heterocycles. The molecule has 2 atom stereocenters. The molecule has 0 saturated carbocycles. The van der Waals surface area contributed by atoms with E-state index in [1.165, 1.54) is 7.11 Å². The van der Waals surface area contributed by atoms with Crippen LogP contribution in [0.3, 0.4) is 0 Å². The molecule has 4 heteroatoms. The molecule has 0 aliphatic carbocycles. The largest absolute Gasteiger partial charge is 0.465 e. The van der Waals surface area contributed by atoms with E-state index in [1.54, 1.807) is 18.2 Å². The zero-order chi connectivity index (χ0) is 10.8. The monoisotopic (exact) mass is 206 g/mol. The van der Waals surface area contributed by atoms with E-state index >= 15 is 0 Å².